The van der Waals surface area contributed by atoms with E-state index in [-0.39, 0.29) is 0 Å². The number of halogens is 2. The van der Waals surface area contributed by atoms with E-state index in [0.717, 1.165) is 4.46 Å². The van der Waals surface area contributed by atoms with E-state index < -0.39 is 0 Å². The molecule has 0 nitrogen and oxygen atoms in total. The van der Waals surface area contributed by atoms with E-state index in [4.69, 9.17) is 23.2 Å². The van der Waals surface area contributed by atoms with Crippen molar-refractivity contribution in [3.63, 3.8) is 0 Å². The van der Waals surface area contributed by atoms with Gasteiger partial charge in [0.2, 0.25) is 0 Å². The Labute approximate surface area is 72.0 Å². The van der Waals surface area contributed by atoms with Gasteiger partial charge in [0.15, 0.2) is 0 Å². The molecule has 0 amide bonds. The summed E-state index contributed by atoms with van der Waals surface area (Å²) in [6, 6.07) is 5.52. The van der Waals surface area contributed by atoms with Gasteiger partial charge >= 0.3 is 71.9 Å². The van der Waals surface area contributed by atoms with Gasteiger partial charge in [0.1, 0.15) is 0 Å². The van der Waals surface area contributed by atoms with Gasteiger partial charge in [0, 0.05) is 0 Å². The van der Waals surface area contributed by atoms with Crippen LogP contribution in [0.3, 0.4) is 0 Å². The predicted molar refractivity (Wildman–Crippen MR) is 43.2 cm³/mol. The van der Waals surface area contributed by atoms with Crippen molar-refractivity contribution < 1.29 is 0 Å². The summed E-state index contributed by atoms with van der Waals surface area (Å²) >= 11 is 13.8. The predicted octanol–water partition coefficient (Wildman–Crippen LogP) is 1.52. The second kappa shape index (κ2) is 2.94. The molecule has 0 aliphatic rings. The van der Waals surface area contributed by atoms with E-state index in [1.165, 1.54) is 0 Å². The van der Waals surface area contributed by atoms with Crippen LogP contribution in [0.15, 0.2) is 18.2 Å². The van der Waals surface area contributed by atoms with Crippen molar-refractivity contribution in [2.45, 2.75) is 0 Å². The first-order chi connectivity index (χ1) is 4.22. The fourth-order valence-electron chi connectivity index (χ4n) is 0.492. The summed E-state index contributed by atoms with van der Waals surface area (Å²) in [5.41, 5.74) is 0. The SMILES string of the molecule is Clc1cccc([SeH])c1Cl. The summed E-state index contributed by atoms with van der Waals surface area (Å²) in [5, 5.41) is 1.23. The van der Waals surface area contributed by atoms with Gasteiger partial charge in [-0.15, -0.1) is 0 Å². The fourth-order valence-corrected chi connectivity index (χ4v) is 1.37. The number of benzene rings is 1. The third kappa shape index (κ3) is 1.62. The third-order valence-electron chi connectivity index (χ3n) is 0.931. The van der Waals surface area contributed by atoms with Crippen LogP contribution in [0.25, 0.3) is 0 Å². The normalized spacial score (nSPS) is 9.67. The standard InChI is InChI=1S/C6H4Cl2Se/c7-4-2-1-3-5(9)6(4)8/h1-3,9H. The number of rotatable bonds is 0. The third-order valence-corrected chi connectivity index (χ3v) is 2.82. The van der Waals surface area contributed by atoms with Gasteiger partial charge in [-0.2, -0.15) is 0 Å². The minimum atomic E-state index is 0.606. The molecule has 1 rings (SSSR count). The molecule has 3 heteroatoms. The van der Waals surface area contributed by atoms with Crippen molar-refractivity contribution in [3.05, 3.63) is 28.2 Å². The molecule has 0 atom stereocenters. The summed E-state index contributed by atoms with van der Waals surface area (Å²) in [6.07, 6.45) is 0. The van der Waals surface area contributed by atoms with Gasteiger partial charge in [-0.05, 0) is 0 Å². The van der Waals surface area contributed by atoms with Gasteiger partial charge in [0.05, 0.1) is 0 Å². The first-order valence-electron chi connectivity index (χ1n) is 2.35. The van der Waals surface area contributed by atoms with Crippen LogP contribution < -0.4 is 4.46 Å². The van der Waals surface area contributed by atoms with Crippen molar-refractivity contribution in [3.8, 4) is 0 Å². The van der Waals surface area contributed by atoms with E-state index in [1.807, 2.05) is 12.1 Å². The molecular weight excluding hydrogens is 222 g/mol. The zero-order valence-corrected chi connectivity index (χ0v) is 7.82. The topological polar surface area (TPSA) is 0 Å². The van der Waals surface area contributed by atoms with E-state index >= 15 is 0 Å². The maximum absolute atomic E-state index is 5.73. The van der Waals surface area contributed by atoms with Crippen LogP contribution >= 0.6 is 23.2 Å². The molecule has 0 aliphatic carbocycles. The number of hydrogen-bond acceptors (Lipinski definition) is 0. The Kier molecular flexibility index (Phi) is 2.42. The van der Waals surface area contributed by atoms with Crippen LogP contribution in [-0.4, -0.2) is 16.0 Å². The minimum absolute atomic E-state index is 0.606. The zero-order chi connectivity index (χ0) is 6.85. The van der Waals surface area contributed by atoms with Gasteiger partial charge in [-0.25, -0.2) is 0 Å². The van der Waals surface area contributed by atoms with Crippen molar-refractivity contribution in [2.24, 2.45) is 0 Å². The molecule has 0 aliphatic heterocycles. The first kappa shape index (κ1) is 7.43. The van der Waals surface area contributed by atoms with E-state index in [1.54, 1.807) is 6.07 Å². The van der Waals surface area contributed by atoms with Crippen molar-refractivity contribution >= 4 is 43.7 Å². The van der Waals surface area contributed by atoms with Crippen molar-refractivity contribution in [1.82, 2.24) is 0 Å². The Bertz CT molecular complexity index is 202. The Morgan fingerprint density at radius 2 is 1.89 bits per heavy atom. The Morgan fingerprint density at radius 3 is 2.33 bits per heavy atom. The Morgan fingerprint density at radius 1 is 1.22 bits per heavy atom. The zero-order valence-electron chi connectivity index (χ0n) is 4.44. The van der Waals surface area contributed by atoms with Crippen molar-refractivity contribution in [2.75, 3.05) is 0 Å². The summed E-state index contributed by atoms with van der Waals surface area (Å²) in [7, 11) is 0. The molecule has 0 fully saturated rings. The quantitative estimate of drug-likeness (QED) is 0.588. The Hall–Kier alpha value is 0.319. The monoisotopic (exact) mass is 226 g/mol. The molecule has 9 heavy (non-hydrogen) atoms. The summed E-state index contributed by atoms with van der Waals surface area (Å²) in [5.74, 6) is 0. The van der Waals surface area contributed by atoms with E-state index in [2.05, 4.69) is 16.0 Å². The average Bonchev–Trinajstić information content (AvgIpc) is 1.83. The first-order valence-corrected chi connectivity index (χ1v) is 4.04. The van der Waals surface area contributed by atoms with Gasteiger partial charge in [-0.3, -0.25) is 0 Å². The summed E-state index contributed by atoms with van der Waals surface area (Å²) in [6.45, 7) is 0. The van der Waals surface area contributed by atoms with Crippen LogP contribution in [0.4, 0.5) is 0 Å². The van der Waals surface area contributed by atoms with Crippen LogP contribution in [0.5, 0.6) is 0 Å². The second-order valence-corrected chi connectivity index (χ2v) is 3.37. The molecule has 0 bridgehead atoms. The van der Waals surface area contributed by atoms with E-state index in [9.17, 15) is 0 Å². The molecule has 48 valence electrons. The van der Waals surface area contributed by atoms with Crippen LogP contribution in [0.2, 0.25) is 10.0 Å². The van der Waals surface area contributed by atoms with Crippen molar-refractivity contribution in [1.29, 1.82) is 0 Å². The molecule has 0 radical (unpaired) electrons. The molecule has 1 aromatic rings. The fraction of sp³-hybridized carbons (Fsp3) is 0. The molecule has 0 aromatic heterocycles. The van der Waals surface area contributed by atoms with E-state index in [0.29, 0.717) is 10.0 Å². The Balaban J connectivity index is 3.25. The molecule has 0 N–H and O–H groups in total. The molecule has 0 spiro atoms. The molecule has 1 aromatic carbocycles. The van der Waals surface area contributed by atoms with Gasteiger partial charge in [-0.1, -0.05) is 0 Å². The molecular formula is C6H4Cl2Se. The van der Waals surface area contributed by atoms with Crippen LogP contribution in [0, 0.1) is 0 Å². The van der Waals surface area contributed by atoms with Gasteiger partial charge in [0.25, 0.3) is 0 Å². The summed E-state index contributed by atoms with van der Waals surface area (Å²) < 4.78 is 0.955. The number of hydrogen-bond donors (Lipinski definition) is 0. The van der Waals surface area contributed by atoms with Crippen LogP contribution in [0.1, 0.15) is 0 Å². The molecule has 0 unspecified atom stereocenters. The molecule has 0 heterocycles. The van der Waals surface area contributed by atoms with Gasteiger partial charge < -0.3 is 0 Å². The molecule has 0 saturated carbocycles. The summed E-state index contributed by atoms with van der Waals surface area (Å²) in [4.78, 5) is 0. The maximum atomic E-state index is 5.73. The molecule has 0 saturated heterocycles. The van der Waals surface area contributed by atoms with Crippen LogP contribution in [-0.2, 0) is 0 Å². The second-order valence-electron chi connectivity index (χ2n) is 1.57. The average molecular weight is 226 g/mol.